The first-order valence-electron chi connectivity index (χ1n) is 6.72. The Balaban J connectivity index is 2.03. The number of hydrogen-bond donors (Lipinski definition) is 3. The molecular formula is C13H26N2O2. The van der Waals surface area contributed by atoms with E-state index in [2.05, 4.69) is 24.5 Å². The molecule has 1 aliphatic rings. The van der Waals surface area contributed by atoms with E-state index in [9.17, 15) is 9.90 Å². The van der Waals surface area contributed by atoms with Crippen molar-refractivity contribution in [3.63, 3.8) is 0 Å². The first kappa shape index (κ1) is 14.5. The molecule has 17 heavy (non-hydrogen) atoms. The summed E-state index contributed by atoms with van der Waals surface area (Å²) in [6, 6.07) is 0. The van der Waals surface area contributed by atoms with Crippen LogP contribution < -0.4 is 10.6 Å². The Kier molecular flexibility index (Phi) is 5.92. The highest BCUT2D eigenvalue weighted by Crippen LogP contribution is 2.28. The zero-order valence-electron chi connectivity index (χ0n) is 11.1. The van der Waals surface area contributed by atoms with Crippen molar-refractivity contribution < 1.29 is 9.90 Å². The first-order chi connectivity index (χ1) is 8.02. The van der Waals surface area contributed by atoms with E-state index in [0.717, 1.165) is 38.6 Å². The van der Waals surface area contributed by atoms with Gasteiger partial charge in [-0.2, -0.15) is 0 Å². The third kappa shape index (κ3) is 6.03. The van der Waals surface area contributed by atoms with Crippen molar-refractivity contribution in [3.8, 4) is 0 Å². The van der Waals surface area contributed by atoms with Crippen molar-refractivity contribution in [2.24, 2.45) is 5.92 Å². The van der Waals surface area contributed by atoms with Crippen molar-refractivity contribution in [1.29, 1.82) is 0 Å². The van der Waals surface area contributed by atoms with E-state index >= 15 is 0 Å². The highest BCUT2D eigenvalue weighted by molar-refractivity contribution is 5.77. The largest absolute Gasteiger partial charge is 0.389 e. The van der Waals surface area contributed by atoms with Crippen molar-refractivity contribution in [1.82, 2.24) is 10.6 Å². The van der Waals surface area contributed by atoms with Gasteiger partial charge in [0.25, 0.3) is 0 Å². The van der Waals surface area contributed by atoms with Crippen LogP contribution in [0, 0.1) is 5.92 Å². The molecule has 0 spiro atoms. The standard InChI is InChI=1S/C13H26N2O2/c1-11(2)5-8-15-12(16)9-14-10-13(17)6-3-4-7-13/h11,14,17H,3-10H2,1-2H3,(H,15,16). The fourth-order valence-electron chi connectivity index (χ4n) is 2.18. The summed E-state index contributed by atoms with van der Waals surface area (Å²) in [7, 11) is 0. The molecule has 0 aromatic carbocycles. The molecule has 0 radical (unpaired) electrons. The average Bonchev–Trinajstić information content (AvgIpc) is 2.65. The maximum Gasteiger partial charge on any atom is 0.233 e. The van der Waals surface area contributed by atoms with Crippen LogP contribution in [0.4, 0.5) is 0 Å². The summed E-state index contributed by atoms with van der Waals surface area (Å²) < 4.78 is 0. The molecule has 0 unspecified atom stereocenters. The molecule has 0 aromatic rings. The number of carbonyl (C=O) groups is 1. The van der Waals surface area contributed by atoms with E-state index < -0.39 is 5.60 Å². The zero-order valence-corrected chi connectivity index (χ0v) is 11.1. The summed E-state index contributed by atoms with van der Waals surface area (Å²) in [5.41, 5.74) is -0.571. The number of aliphatic hydroxyl groups is 1. The molecule has 1 saturated carbocycles. The molecule has 4 heteroatoms. The molecule has 1 aliphatic carbocycles. The van der Waals surface area contributed by atoms with Crippen LogP contribution in [-0.4, -0.2) is 36.2 Å². The van der Waals surface area contributed by atoms with Gasteiger partial charge in [0.1, 0.15) is 0 Å². The van der Waals surface area contributed by atoms with Crippen molar-refractivity contribution in [2.45, 2.75) is 51.6 Å². The molecule has 4 nitrogen and oxygen atoms in total. The predicted octanol–water partition coefficient (Wildman–Crippen LogP) is 1.04. The van der Waals surface area contributed by atoms with Crippen LogP contribution in [0.15, 0.2) is 0 Å². The minimum Gasteiger partial charge on any atom is -0.389 e. The van der Waals surface area contributed by atoms with Gasteiger partial charge in [-0.05, 0) is 25.2 Å². The molecule has 0 aromatic heterocycles. The molecule has 1 amide bonds. The third-order valence-electron chi connectivity index (χ3n) is 3.32. The van der Waals surface area contributed by atoms with Gasteiger partial charge < -0.3 is 15.7 Å². The Morgan fingerprint density at radius 2 is 2.00 bits per heavy atom. The van der Waals surface area contributed by atoms with Crippen molar-refractivity contribution >= 4 is 5.91 Å². The quantitative estimate of drug-likeness (QED) is 0.625. The second-order valence-corrected chi connectivity index (χ2v) is 5.57. The second kappa shape index (κ2) is 6.97. The van der Waals surface area contributed by atoms with Crippen LogP contribution in [0.3, 0.4) is 0 Å². The van der Waals surface area contributed by atoms with Crippen LogP contribution in [0.1, 0.15) is 46.0 Å². The van der Waals surface area contributed by atoms with E-state index in [4.69, 9.17) is 0 Å². The lowest BCUT2D eigenvalue weighted by molar-refractivity contribution is -0.120. The summed E-state index contributed by atoms with van der Waals surface area (Å²) in [5, 5.41) is 16.0. The first-order valence-corrected chi connectivity index (χ1v) is 6.72. The van der Waals surface area contributed by atoms with Crippen molar-refractivity contribution in [3.05, 3.63) is 0 Å². The number of hydrogen-bond acceptors (Lipinski definition) is 3. The van der Waals surface area contributed by atoms with Gasteiger partial charge in [-0.15, -0.1) is 0 Å². The van der Waals surface area contributed by atoms with E-state index in [1.54, 1.807) is 0 Å². The van der Waals surface area contributed by atoms with E-state index in [0.29, 0.717) is 19.0 Å². The van der Waals surface area contributed by atoms with Crippen molar-refractivity contribution in [2.75, 3.05) is 19.6 Å². The lowest BCUT2D eigenvalue weighted by Crippen LogP contribution is -2.42. The molecule has 1 fully saturated rings. The molecule has 0 atom stereocenters. The lowest BCUT2D eigenvalue weighted by Gasteiger charge is -2.22. The van der Waals surface area contributed by atoms with Crippen LogP contribution >= 0.6 is 0 Å². The molecule has 0 aliphatic heterocycles. The SMILES string of the molecule is CC(C)CCNC(=O)CNCC1(O)CCCC1. The maximum atomic E-state index is 11.4. The summed E-state index contributed by atoms with van der Waals surface area (Å²) in [6.45, 7) is 5.85. The molecule has 0 bridgehead atoms. The number of amides is 1. The maximum absolute atomic E-state index is 11.4. The van der Waals surface area contributed by atoms with Gasteiger partial charge >= 0.3 is 0 Å². The minimum absolute atomic E-state index is 0.0206. The third-order valence-corrected chi connectivity index (χ3v) is 3.32. The predicted molar refractivity (Wildman–Crippen MR) is 68.8 cm³/mol. The molecule has 100 valence electrons. The van der Waals surface area contributed by atoms with Gasteiger partial charge in [0.05, 0.1) is 12.1 Å². The highest BCUT2D eigenvalue weighted by atomic mass is 16.3. The van der Waals surface area contributed by atoms with E-state index in [1.165, 1.54) is 0 Å². The Labute approximate surface area is 104 Å². The Hall–Kier alpha value is -0.610. The van der Waals surface area contributed by atoms with Gasteiger partial charge in [-0.3, -0.25) is 4.79 Å². The number of carbonyl (C=O) groups excluding carboxylic acids is 1. The van der Waals surface area contributed by atoms with Gasteiger partial charge in [-0.1, -0.05) is 26.7 Å². The molecular weight excluding hydrogens is 216 g/mol. The topological polar surface area (TPSA) is 61.4 Å². The zero-order chi connectivity index (χ0) is 12.7. The summed E-state index contributed by atoms with van der Waals surface area (Å²) in [4.78, 5) is 11.4. The fourth-order valence-corrected chi connectivity index (χ4v) is 2.18. The van der Waals surface area contributed by atoms with Crippen LogP contribution in [0.25, 0.3) is 0 Å². The highest BCUT2D eigenvalue weighted by Gasteiger charge is 2.30. The number of nitrogens with one attached hydrogen (secondary N) is 2. The average molecular weight is 242 g/mol. The lowest BCUT2D eigenvalue weighted by atomic mass is 10.0. The van der Waals surface area contributed by atoms with E-state index in [1.807, 2.05) is 0 Å². The Morgan fingerprint density at radius 3 is 2.59 bits per heavy atom. The Bertz CT molecular complexity index is 236. The molecule has 1 rings (SSSR count). The number of rotatable bonds is 7. The van der Waals surface area contributed by atoms with Gasteiger partial charge in [-0.25, -0.2) is 0 Å². The van der Waals surface area contributed by atoms with E-state index in [-0.39, 0.29) is 5.91 Å². The Morgan fingerprint density at radius 1 is 1.35 bits per heavy atom. The summed E-state index contributed by atoms with van der Waals surface area (Å²) in [5.74, 6) is 0.634. The normalized spacial score (nSPS) is 18.6. The smallest absolute Gasteiger partial charge is 0.233 e. The molecule has 0 heterocycles. The minimum atomic E-state index is -0.571. The molecule has 3 N–H and O–H groups in total. The van der Waals surface area contributed by atoms with Crippen LogP contribution in [0.5, 0.6) is 0 Å². The van der Waals surface area contributed by atoms with Crippen LogP contribution in [0.2, 0.25) is 0 Å². The van der Waals surface area contributed by atoms with Gasteiger partial charge in [0, 0.05) is 13.1 Å². The second-order valence-electron chi connectivity index (χ2n) is 5.57. The molecule has 0 saturated heterocycles. The van der Waals surface area contributed by atoms with Gasteiger partial charge in [0.2, 0.25) is 5.91 Å². The summed E-state index contributed by atoms with van der Waals surface area (Å²) >= 11 is 0. The summed E-state index contributed by atoms with van der Waals surface area (Å²) in [6.07, 6.45) is 4.91. The fraction of sp³-hybridized carbons (Fsp3) is 0.923. The van der Waals surface area contributed by atoms with Gasteiger partial charge in [0.15, 0.2) is 0 Å². The monoisotopic (exact) mass is 242 g/mol. The van der Waals surface area contributed by atoms with Crippen LogP contribution in [-0.2, 0) is 4.79 Å².